The maximum absolute atomic E-state index is 11.9. The molecule has 1 aromatic carbocycles. The fourth-order valence-corrected chi connectivity index (χ4v) is 1.55. The van der Waals surface area contributed by atoms with Crippen LogP contribution < -0.4 is 4.74 Å². The van der Waals surface area contributed by atoms with Crippen molar-refractivity contribution < 1.29 is 13.5 Å². The lowest BCUT2D eigenvalue weighted by molar-refractivity contribution is -0.0498. The molecule has 78 valence electrons. The van der Waals surface area contributed by atoms with Gasteiger partial charge in [0, 0.05) is 4.83 Å². The molecule has 0 heterocycles. The van der Waals surface area contributed by atoms with Crippen molar-refractivity contribution in [1.29, 1.82) is 0 Å². The second-order valence-corrected chi connectivity index (χ2v) is 4.57. The average molecular weight is 265 g/mol. The first-order valence-electron chi connectivity index (χ1n) is 4.25. The second kappa shape index (κ2) is 5.29. The normalized spacial score (nSPS) is 12.9. The van der Waals surface area contributed by atoms with Gasteiger partial charge in [-0.15, -0.1) is 0 Å². The van der Waals surface area contributed by atoms with E-state index in [0.717, 1.165) is 12.0 Å². The lowest BCUT2D eigenvalue weighted by Crippen LogP contribution is -2.03. The molecule has 0 aromatic heterocycles. The first-order valence-corrected chi connectivity index (χ1v) is 5.17. The number of halogens is 3. The average Bonchev–Trinajstić information content (AvgIpc) is 2.01. The minimum absolute atomic E-state index is 0.214. The molecule has 0 saturated heterocycles. The maximum atomic E-state index is 11.9. The Kier molecular flexibility index (Phi) is 4.32. The van der Waals surface area contributed by atoms with Crippen LogP contribution in [0.1, 0.15) is 12.5 Å². The lowest BCUT2D eigenvalue weighted by Gasteiger charge is -2.07. The van der Waals surface area contributed by atoms with Crippen LogP contribution in [0.3, 0.4) is 0 Å². The molecule has 0 aliphatic carbocycles. The van der Waals surface area contributed by atoms with Crippen molar-refractivity contribution in [3.05, 3.63) is 29.8 Å². The molecule has 0 bridgehead atoms. The van der Waals surface area contributed by atoms with Crippen LogP contribution in [-0.2, 0) is 6.42 Å². The molecule has 1 nitrogen and oxygen atoms in total. The molecule has 0 N–H and O–H groups in total. The molecular weight excluding hydrogens is 254 g/mol. The highest BCUT2D eigenvalue weighted by Crippen LogP contribution is 2.18. The molecule has 0 radical (unpaired) electrons. The molecule has 0 spiro atoms. The third kappa shape index (κ3) is 4.05. The van der Waals surface area contributed by atoms with E-state index in [4.69, 9.17) is 0 Å². The first-order chi connectivity index (χ1) is 6.58. The fourth-order valence-electron chi connectivity index (χ4n) is 1.17. The largest absolute Gasteiger partial charge is 0.435 e. The van der Waals surface area contributed by atoms with Gasteiger partial charge in [0.1, 0.15) is 5.75 Å². The van der Waals surface area contributed by atoms with Crippen LogP contribution in [0.2, 0.25) is 0 Å². The summed E-state index contributed by atoms with van der Waals surface area (Å²) in [6, 6.07) is 6.75. The third-order valence-electron chi connectivity index (χ3n) is 1.64. The van der Waals surface area contributed by atoms with Gasteiger partial charge >= 0.3 is 6.61 Å². The SMILES string of the molecule is CC(Br)Cc1cccc(OC(F)F)c1. The molecule has 0 aliphatic rings. The van der Waals surface area contributed by atoms with Gasteiger partial charge in [0.25, 0.3) is 0 Å². The quantitative estimate of drug-likeness (QED) is 0.755. The molecular formula is C10H11BrF2O. The van der Waals surface area contributed by atoms with Gasteiger partial charge < -0.3 is 4.74 Å². The summed E-state index contributed by atoms with van der Waals surface area (Å²) < 4.78 is 28.1. The predicted octanol–water partition coefficient (Wildman–Crippen LogP) is 3.61. The van der Waals surface area contributed by atoms with Crippen LogP contribution in [0, 0.1) is 0 Å². The van der Waals surface area contributed by atoms with Gasteiger partial charge in [-0.2, -0.15) is 8.78 Å². The molecule has 0 amide bonds. The Morgan fingerprint density at radius 1 is 1.43 bits per heavy atom. The highest BCUT2D eigenvalue weighted by Gasteiger charge is 2.05. The van der Waals surface area contributed by atoms with Gasteiger partial charge in [0.15, 0.2) is 0 Å². The Hall–Kier alpha value is -0.640. The predicted molar refractivity (Wildman–Crippen MR) is 55.2 cm³/mol. The van der Waals surface area contributed by atoms with Gasteiger partial charge in [-0.25, -0.2) is 0 Å². The molecule has 4 heteroatoms. The van der Waals surface area contributed by atoms with Crippen LogP contribution in [0.15, 0.2) is 24.3 Å². The van der Waals surface area contributed by atoms with E-state index < -0.39 is 6.61 Å². The van der Waals surface area contributed by atoms with Crippen molar-refractivity contribution in [2.45, 2.75) is 24.8 Å². The minimum atomic E-state index is -2.76. The van der Waals surface area contributed by atoms with Crippen LogP contribution in [0.5, 0.6) is 5.75 Å². The number of benzene rings is 1. The van der Waals surface area contributed by atoms with E-state index in [9.17, 15) is 8.78 Å². The number of ether oxygens (including phenoxy) is 1. The van der Waals surface area contributed by atoms with E-state index in [1.165, 1.54) is 6.07 Å². The van der Waals surface area contributed by atoms with E-state index in [1.807, 2.05) is 13.0 Å². The van der Waals surface area contributed by atoms with E-state index in [2.05, 4.69) is 20.7 Å². The molecule has 0 saturated carbocycles. The number of hydrogen-bond acceptors (Lipinski definition) is 1. The van der Waals surface area contributed by atoms with E-state index in [1.54, 1.807) is 12.1 Å². The standard InChI is InChI=1S/C10H11BrF2O/c1-7(11)5-8-3-2-4-9(6-8)14-10(12)13/h2-4,6-7,10H,5H2,1H3. The van der Waals surface area contributed by atoms with Crippen LogP contribution in [0.4, 0.5) is 8.78 Å². The third-order valence-corrected chi connectivity index (χ3v) is 1.96. The summed E-state index contributed by atoms with van der Waals surface area (Å²) in [7, 11) is 0. The van der Waals surface area contributed by atoms with E-state index in [0.29, 0.717) is 4.83 Å². The maximum Gasteiger partial charge on any atom is 0.387 e. The summed E-state index contributed by atoms with van der Waals surface area (Å²) in [4.78, 5) is 0.323. The van der Waals surface area contributed by atoms with E-state index >= 15 is 0 Å². The molecule has 14 heavy (non-hydrogen) atoms. The zero-order valence-corrected chi connectivity index (χ0v) is 9.30. The smallest absolute Gasteiger partial charge is 0.387 e. The molecule has 1 atom stereocenters. The van der Waals surface area contributed by atoms with Gasteiger partial charge in [-0.3, -0.25) is 0 Å². The Labute approximate surface area is 90.2 Å². The van der Waals surface area contributed by atoms with Crippen LogP contribution in [0.25, 0.3) is 0 Å². The Balaban J connectivity index is 2.68. The number of rotatable bonds is 4. The Bertz CT molecular complexity index is 264. The highest BCUT2D eigenvalue weighted by molar-refractivity contribution is 9.09. The summed E-state index contributed by atoms with van der Waals surface area (Å²) >= 11 is 3.40. The van der Waals surface area contributed by atoms with Crippen molar-refractivity contribution in [3.8, 4) is 5.75 Å². The zero-order chi connectivity index (χ0) is 10.6. The fraction of sp³-hybridized carbons (Fsp3) is 0.400. The van der Waals surface area contributed by atoms with Crippen LogP contribution in [-0.4, -0.2) is 11.4 Å². The lowest BCUT2D eigenvalue weighted by atomic mass is 10.1. The van der Waals surface area contributed by atoms with Crippen molar-refractivity contribution in [3.63, 3.8) is 0 Å². The molecule has 0 aliphatic heterocycles. The number of hydrogen-bond donors (Lipinski definition) is 0. The molecule has 0 fully saturated rings. The summed E-state index contributed by atoms with van der Waals surface area (Å²) in [5, 5.41) is 0. The van der Waals surface area contributed by atoms with Gasteiger partial charge in [-0.1, -0.05) is 35.0 Å². The van der Waals surface area contributed by atoms with Crippen LogP contribution >= 0.6 is 15.9 Å². The summed E-state index contributed by atoms with van der Waals surface area (Å²) in [5.41, 5.74) is 0.979. The van der Waals surface area contributed by atoms with E-state index in [-0.39, 0.29) is 5.75 Å². The Morgan fingerprint density at radius 3 is 2.71 bits per heavy atom. The second-order valence-electron chi connectivity index (χ2n) is 3.01. The number of alkyl halides is 3. The highest BCUT2D eigenvalue weighted by atomic mass is 79.9. The summed E-state index contributed by atoms with van der Waals surface area (Å²) in [6.45, 7) is -0.757. The Morgan fingerprint density at radius 2 is 2.14 bits per heavy atom. The summed E-state index contributed by atoms with van der Waals surface area (Å²) in [5.74, 6) is 0.214. The van der Waals surface area contributed by atoms with Gasteiger partial charge in [0.05, 0.1) is 0 Å². The van der Waals surface area contributed by atoms with Crippen molar-refractivity contribution in [2.75, 3.05) is 0 Å². The monoisotopic (exact) mass is 264 g/mol. The topological polar surface area (TPSA) is 9.23 Å². The van der Waals surface area contributed by atoms with Crippen molar-refractivity contribution >= 4 is 15.9 Å². The zero-order valence-electron chi connectivity index (χ0n) is 7.71. The van der Waals surface area contributed by atoms with Gasteiger partial charge in [0.2, 0.25) is 0 Å². The molecule has 1 unspecified atom stereocenters. The summed E-state index contributed by atoms with van der Waals surface area (Å²) in [6.07, 6.45) is 0.792. The first kappa shape index (κ1) is 11.4. The minimum Gasteiger partial charge on any atom is -0.435 e. The van der Waals surface area contributed by atoms with Crippen molar-refractivity contribution in [2.24, 2.45) is 0 Å². The van der Waals surface area contributed by atoms with Gasteiger partial charge in [-0.05, 0) is 24.1 Å². The van der Waals surface area contributed by atoms with Crippen molar-refractivity contribution in [1.82, 2.24) is 0 Å². The molecule has 1 aromatic rings. The molecule has 1 rings (SSSR count).